The quantitative estimate of drug-likeness (QED) is 0.729. The Morgan fingerprint density at radius 1 is 1.14 bits per heavy atom. The monoisotopic (exact) mass is 296 g/mol. The fourth-order valence-electron chi connectivity index (χ4n) is 2.49. The maximum Gasteiger partial charge on any atom is 0.0746 e. The molecule has 3 aromatic rings. The van der Waals surface area contributed by atoms with Gasteiger partial charge in [0.25, 0.3) is 0 Å². The lowest BCUT2D eigenvalue weighted by Crippen LogP contribution is -2.24. The average molecular weight is 297 g/mol. The number of hydrogen-bond acceptors (Lipinski definition) is 3. The fraction of sp³-hybridized carbons (Fsp3) is 0.0588. The first-order valence-corrected chi connectivity index (χ1v) is 6.82. The Bertz CT molecular complexity index is 859. The van der Waals surface area contributed by atoms with Crippen LogP contribution >= 0.6 is 11.6 Å². The van der Waals surface area contributed by atoms with E-state index in [1.807, 2.05) is 18.2 Å². The maximum atomic E-state index is 11.5. The van der Waals surface area contributed by atoms with Crippen LogP contribution in [0.2, 0.25) is 5.02 Å². The molecular formula is C17H11ClNO2-. The first-order chi connectivity index (χ1) is 10.1. The summed E-state index contributed by atoms with van der Waals surface area (Å²) in [6, 6.07) is 14.3. The molecule has 0 saturated carbocycles. The van der Waals surface area contributed by atoms with E-state index in [0.717, 1.165) is 5.56 Å². The van der Waals surface area contributed by atoms with Crippen LogP contribution in [0.5, 0.6) is 0 Å². The van der Waals surface area contributed by atoms with E-state index in [1.54, 1.807) is 37.3 Å². The molecule has 3 rings (SSSR count). The number of carbonyl (C=O) groups is 1. The molecule has 0 bridgehead atoms. The first kappa shape index (κ1) is 13.6. The maximum absolute atomic E-state index is 11.5. The normalized spacial score (nSPS) is 10.8. The van der Waals surface area contributed by atoms with Gasteiger partial charge in [-0.15, -0.1) is 0 Å². The summed E-state index contributed by atoms with van der Waals surface area (Å²) >= 11 is 6.01. The van der Waals surface area contributed by atoms with Gasteiger partial charge in [0.2, 0.25) is 0 Å². The van der Waals surface area contributed by atoms with Gasteiger partial charge in [-0.2, -0.15) is 0 Å². The van der Waals surface area contributed by atoms with Gasteiger partial charge in [-0.1, -0.05) is 41.9 Å². The molecule has 4 heteroatoms. The van der Waals surface area contributed by atoms with Crippen LogP contribution in [0.1, 0.15) is 15.9 Å². The van der Waals surface area contributed by atoms with Crippen LogP contribution in [0.25, 0.3) is 22.2 Å². The van der Waals surface area contributed by atoms with Gasteiger partial charge in [-0.05, 0) is 30.7 Å². The Kier molecular flexibility index (Phi) is 3.35. The van der Waals surface area contributed by atoms with Crippen molar-refractivity contribution in [2.75, 3.05) is 0 Å². The van der Waals surface area contributed by atoms with E-state index in [4.69, 9.17) is 11.6 Å². The first-order valence-electron chi connectivity index (χ1n) is 6.44. The van der Waals surface area contributed by atoms with Gasteiger partial charge in [0.05, 0.1) is 17.2 Å². The second kappa shape index (κ2) is 5.19. The number of nitrogens with zero attached hydrogens (tertiary/aromatic N) is 1. The summed E-state index contributed by atoms with van der Waals surface area (Å²) in [4.78, 5) is 16.1. The predicted molar refractivity (Wildman–Crippen MR) is 81.3 cm³/mol. The standard InChI is InChI=1S/C17H12ClNO2/c1-10-15(17(20)21)13-7-2-3-8-14(13)19-16(10)11-5-4-6-12(18)9-11/h2-9H,1H3,(H,20,21)/p-1. The van der Waals surface area contributed by atoms with Gasteiger partial charge in [0.1, 0.15) is 0 Å². The molecule has 2 aromatic carbocycles. The van der Waals surface area contributed by atoms with Crippen molar-refractivity contribution in [2.45, 2.75) is 6.92 Å². The highest BCUT2D eigenvalue weighted by atomic mass is 35.5. The fourth-order valence-corrected chi connectivity index (χ4v) is 2.68. The number of carbonyl (C=O) groups excluding carboxylic acids is 1. The van der Waals surface area contributed by atoms with Gasteiger partial charge in [-0.3, -0.25) is 0 Å². The summed E-state index contributed by atoms with van der Waals surface area (Å²) in [5.74, 6) is -1.20. The molecule has 0 aliphatic heterocycles. The number of halogens is 1. The molecule has 0 amide bonds. The highest BCUT2D eigenvalue weighted by molar-refractivity contribution is 6.30. The molecule has 0 atom stereocenters. The van der Waals surface area contributed by atoms with E-state index >= 15 is 0 Å². The van der Waals surface area contributed by atoms with E-state index < -0.39 is 5.97 Å². The summed E-state index contributed by atoms with van der Waals surface area (Å²) in [5.41, 5.74) is 2.77. The third-order valence-corrected chi connectivity index (χ3v) is 3.67. The number of carboxylic acid groups (broad SMARTS) is 1. The molecule has 104 valence electrons. The van der Waals surface area contributed by atoms with Crippen LogP contribution in [-0.2, 0) is 0 Å². The Morgan fingerprint density at radius 2 is 1.90 bits per heavy atom. The zero-order valence-corrected chi connectivity index (χ0v) is 12.0. The molecule has 0 aliphatic carbocycles. The predicted octanol–water partition coefficient (Wildman–Crippen LogP) is 3.23. The van der Waals surface area contributed by atoms with Crippen LogP contribution in [0.15, 0.2) is 48.5 Å². The number of hydrogen-bond donors (Lipinski definition) is 0. The Balaban J connectivity index is 2.39. The van der Waals surface area contributed by atoms with Crippen molar-refractivity contribution >= 4 is 28.5 Å². The molecule has 21 heavy (non-hydrogen) atoms. The van der Waals surface area contributed by atoms with Crippen molar-refractivity contribution in [3.63, 3.8) is 0 Å². The minimum atomic E-state index is -1.20. The van der Waals surface area contributed by atoms with Crippen molar-refractivity contribution in [3.8, 4) is 11.3 Å². The van der Waals surface area contributed by atoms with Crippen molar-refractivity contribution in [2.24, 2.45) is 0 Å². The van der Waals surface area contributed by atoms with Crippen LogP contribution in [-0.4, -0.2) is 11.0 Å². The average Bonchev–Trinajstić information content (AvgIpc) is 2.46. The topological polar surface area (TPSA) is 53.0 Å². The SMILES string of the molecule is Cc1c(-c2cccc(Cl)c2)nc2ccccc2c1C(=O)[O-]. The Labute approximate surface area is 126 Å². The van der Waals surface area contributed by atoms with Gasteiger partial charge >= 0.3 is 0 Å². The molecule has 0 unspecified atom stereocenters. The minimum absolute atomic E-state index is 0.176. The highest BCUT2D eigenvalue weighted by Gasteiger charge is 2.13. The van der Waals surface area contributed by atoms with Crippen LogP contribution in [0, 0.1) is 6.92 Å². The van der Waals surface area contributed by atoms with E-state index in [2.05, 4.69) is 4.98 Å². The van der Waals surface area contributed by atoms with Crippen molar-refractivity contribution in [3.05, 3.63) is 64.7 Å². The largest absolute Gasteiger partial charge is 0.545 e. The van der Waals surface area contributed by atoms with Crippen molar-refractivity contribution < 1.29 is 9.90 Å². The number of aromatic carboxylic acids is 1. The molecule has 0 radical (unpaired) electrons. The van der Waals surface area contributed by atoms with E-state index in [9.17, 15) is 9.90 Å². The number of aromatic nitrogens is 1. The molecule has 0 aliphatic rings. The third-order valence-electron chi connectivity index (χ3n) is 3.44. The van der Waals surface area contributed by atoms with Gasteiger partial charge in [-0.25, -0.2) is 4.98 Å². The minimum Gasteiger partial charge on any atom is -0.545 e. The molecular weight excluding hydrogens is 286 g/mol. The summed E-state index contributed by atoms with van der Waals surface area (Å²) in [7, 11) is 0. The van der Waals surface area contributed by atoms with Gasteiger partial charge < -0.3 is 9.90 Å². The number of rotatable bonds is 2. The zero-order valence-electron chi connectivity index (χ0n) is 11.3. The van der Waals surface area contributed by atoms with Crippen LogP contribution in [0.4, 0.5) is 0 Å². The summed E-state index contributed by atoms with van der Waals surface area (Å²) in [5, 5.41) is 12.7. The number of carboxylic acids is 1. The zero-order chi connectivity index (χ0) is 15.0. The molecule has 1 heterocycles. The van der Waals surface area contributed by atoms with E-state index in [-0.39, 0.29) is 5.56 Å². The molecule has 0 spiro atoms. The summed E-state index contributed by atoms with van der Waals surface area (Å²) in [6.07, 6.45) is 0. The van der Waals surface area contributed by atoms with Crippen molar-refractivity contribution in [1.82, 2.24) is 4.98 Å². The molecule has 0 saturated heterocycles. The Hall–Kier alpha value is -2.39. The van der Waals surface area contributed by atoms with Crippen LogP contribution < -0.4 is 5.11 Å². The highest BCUT2D eigenvalue weighted by Crippen LogP contribution is 2.30. The third kappa shape index (κ3) is 2.36. The van der Waals surface area contributed by atoms with E-state index in [0.29, 0.717) is 27.2 Å². The van der Waals surface area contributed by atoms with Crippen molar-refractivity contribution in [1.29, 1.82) is 0 Å². The molecule has 0 N–H and O–H groups in total. The summed E-state index contributed by atoms with van der Waals surface area (Å²) < 4.78 is 0. The lowest BCUT2D eigenvalue weighted by Gasteiger charge is -2.15. The second-order valence-electron chi connectivity index (χ2n) is 4.78. The number of fused-ring (bicyclic) bond motifs is 1. The van der Waals surface area contributed by atoms with Crippen LogP contribution in [0.3, 0.4) is 0 Å². The Morgan fingerprint density at radius 3 is 2.62 bits per heavy atom. The number of para-hydroxylation sites is 1. The number of pyridine rings is 1. The molecule has 3 nitrogen and oxygen atoms in total. The molecule has 0 fully saturated rings. The number of benzene rings is 2. The second-order valence-corrected chi connectivity index (χ2v) is 5.21. The van der Waals surface area contributed by atoms with E-state index in [1.165, 1.54) is 0 Å². The summed E-state index contributed by atoms with van der Waals surface area (Å²) in [6.45, 7) is 1.74. The van der Waals surface area contributed by atoms with Gasteiger partial charge in [0, 0.05) is 21.5 Å². The lowest BCUT2D eigenvalue weighted by molar-refractivity contribution is -0.254. The van der Waals surface area contributed by atoms with Gasteiger partial charge in [0.15, 0.2) is 0 Å². The smallest absolute Gasteiger partial charge is 0.0746 e. The molecule has 1 aromatic heterocycles. The lowest BCUT2D eigenvalue weighted by atomic mass is 9.98.